The number of benzene rings is 1. The number of halogens is 1. The maximum Gasteiger partial charge on any atom is 0.123 e. The van der Waals surface area contributed by atoms with Gasteiger partial charge in [0, 0.05) is 12.0 Å². The van der Waals surface area contributed by atoms with E-state index in [1.54, 1.807) is 12.1 Å². The van der Waals surface area contributed by atoms with Gasteiger partial charge in [0.15, 0.2) is 0 Å². The molecule has 0 aliphatic heterocycles. The Morgan fingerprint density at radius 3 is 2.71 bits per heavy atom. The zero-order valence-corrected chi connectivity index (χ0v) is 7.78. The van der Waals surface area contributed by atoms with E-state index in [9.17, 15) is 9.50 Å². The minimum absolute atomic E-state index is 0.0261. The second kappa shape index (κ2) is 3.33. The van der Waals surface area contributed by atoms with Crippen LogP contribution in [0.15, 0.2) is 24.3 Å². The van der Waals surface area contributed by atoms with Crippen molar-refractivity contribution in [3.05, 3.63) is 35.6 Å². The first-order chi connectivity index (χ1) is 6.73. The number of hydrogen-bond acceptors (Lipinski definition) is 2. The average molecular weight is 196 g/mol. The second-order valence-electron chi connectivity index (χ2n) is 3.91. The molecule has 0 aromatic heterocycles. The lowest BCUT2D eigenvalue weighted by Gasteiger charge is -2.14. The van der Waals surface area contributed by atoms with Crippen molar-refractivity contribution in [2.75, 3.05) is 13.2 Å². The molecule has 1 aliphatic rings. The molecule has 0 radical (unpaired) electrons. The first-order valence-corrected chi connectivity index (χ1v) is 4.71. The predicted octanol–water partition coefficient (Wildman–Crippen LogP) is 1.07. The monoisotopic (exact) mass is 196 g/mol. The highest BCUT2D eigenvalue weighted by Crippen LogP contribution is 2.53. The molecular weight excluding hydrogens is 183 g/mol. The van der Waals surface area contributed by atoms with Crippen LogP contribution in [-0.4, -0.2) is 23.4 Å². The minimum Gasteiger partial charge on any atom is -0.396 e. The van der Waals surface area contributed by atoms with Gasteiger partial charge < -0.3 is 10.2 Å². The van der Waals surface area contributed by atoms with Crippen LogP contribution in [0.25, 0.3) is 0 Å². The van der Waals surface area contributed by atoms with Crippen molar-refractivity contribution in [3.63, 3.8) is 0 Å². The summed E-state index contributed by atoms with van der Waals surface area (Å²) in [4.78, 5) is 0. The maximum atomic E-state index is 12.9. The van der Waals surface area contributed by atoms with Gasteiger partial charge in [-0.15, -0.1) is 0 Å². The molecule has 2 N–H and O–H groups in total. The van der Waals surface area contributed by atoms with E-state index in [2.05, 4.69) is 0 Å². The zero-order valence-electron chi connectivity index (χ0n) is 7.78. The molecule has 2 unspecified atom stereocenters. The Kier molecular flexibility index (Phi) is 2.29. The molecular formula is C11H13FO2. The minimum atomic E-state index is -0.392. The Labute approximate surface area is 82.0 Å². The highest BCUT2D eigenvalue weighted by Gasteiger charge is 2.54. The van der Waals surface area contributed by atoms with E-state index in [1.165, 1.54) is 12.1 Å². The van der Waals surface area contributed by atoms with Gasteiger partial charge in [0.2, 0.25) is 0 Å². The summed E-state index contributed by atoms with van der Waals surface area (Å²) in [6, 6.07) is 6.25. The molecule has 3 heteroatoms. The normalized spacial score (nSPS) is 30.4. The van der Waals surface area contributed by atoms with Crippen molar-refractivity contribution in [3.8, 4) is 0 Å². The standard InChI is InChI=1S/C11H13FO2/c12-10-3-1-2-8(4-10)11(7-14)5-9(11)6-13/h1-4,9,13-14H,5-7H2. The fourth-order valence-electron chi connectivity index (χ4n) is 2.06. The van der Waals surface area contributed by atoms with E-state index in [-0.39, 0.29) is 24.9 Å². The third kappa shape index (κ3) is 1.33. The molecule has 1 aromatic carbocycles. The molecule has 0 heterocycles. The second-order valence-corrected chi connectivity index (χ2v) is 3.91. The number of hydrogen-bond donors (Lipinski definition) is 2. The van der Waals surface area contributed by atoms with Crippen LogP contribution in [0.5, 0.6) is 0 Å². The summed E-state index contributed by atoms with van der Waals surface area (Å²) in [7, 11) is 0. The summed E-state index contributed by atoms with van der Waals surface area (Å²) in [6.07, 6.45) is 0.740. The quantitative estimate of drug-likeness (QED) is 0.759. The summed E-state index contributed by atoms with van der Waals surface area (Å²) in [5.41, 5.74) is 0.399. The SMILES string of the molecule is OCC1CC1(CO)c1cccc(F)c1. The fraction of sp³-hybridized carbons (Fsp3) is 0.455. The van der Waals surface area contributed by atoms with Crippen LogP contribution in [0.1, 0.15) is 12.0 Å². The zero-order chi connectivity index (χ0) is 10.2. The van der Waals surface area contributed by atoms with E-state index in [4.69, 9.17) is 5.11 Å². The summed E-state index contributed by atoms with van der Waals surface area (Å²) >= 11 is 0. The van der Waals surface area contributed by atoms with E-state index >= 15 is 0 Å². The highest BCUT2D eigenvalue weighted by molar-refractivity contribution is 5.34. The van der Waals surface area contributed by atoms with Crippen molar-refractivity contribution in [1.82, 2.24) is 0 Å². The van der Waals surface area contributed by atoms with E-state index in [1.807, 2.05) is 0 Å². The topological polar surface area (TPSA) is 40.5 Å². The molecule has 76 valence electrons. The lowest BCUT2D eigenvalue weighted by molar-refractivity contribution is 0.213. The van der Waals surface area contributed by atoms with E-state index in [0.717, 1.165) is 12.0 Å². The molecule has 1 saturated carbocycles. The third-order valence-corrected chi connectivity index (χ3v) is 3.13. The van der Waals surface area contributed by atoms with Crippen molar-refractivity contribution >= 4 is 0 Å². The van der Waals surface area contributed by atoms with Crippen LogP contribution in [0, 0.1) is 11.7 Å². The summed E-state index contributed by atoms with van der Waals surface area (Å²) < 4.78 is 12.9. The van der Waals surface area contributed by atoms with E-state index < -0.39 is 5.41 Å². The van der Waals surface area contributed by atoms with Crippen molar-refractivity contribution < 1.29 is 14.6 Å². The number of aliphatic hydroxyl groups excluding tert-OH is 2. The molecule has 14 heavy (non-hydrogen) atoms. The Morgan fingerprint density at radius 1 is 1.43 bits per heavy atom. The van der Waals surface area contributed by atoms with Gasteiger partial charge in [0.1, 0.15) is 5.82 Å². The van der Waals surface area contributed by atoms with Gasteiger partial charge in [-0.25, -0.2) is 4.39 Å². The lowest BCUT2D eigenvalue weighted by atomic mass is 9.94. The Balaban J connectivity index is 2.30. The van der Waals surface area contributed by atoms with Crippen LogP contribution >= 0.6 is 0 Å². The molecule has 1 fully saturated rings. The van der Waals surface area contributed by atoms with Crippen LogP contribution in [0.3, 0.4) is 0 Å². The van der Waals surface area contributed by atoms with Crippen molar-refractivity contribution in [2.45, 2.75) is 11.8 Å². The molecule has 2 nitrogen and oxygen atoms in total. The van der Waals surface area contributed by atoms with E-state index in [0.29, 0.717) is 0 Å². The Morgan fingerprint density at radius 2 is 2.21 bits per heavy atom. The average Bonchev–Trinajstić information content (AvgIpc) is 2.93. The lowest BCUT2D eigenvalue weighted by Crippen LogP contribution is -2.17. The van der Waals surface area contributed by atoms with Gasteiger partial charge in [-0.1, -0.05) is 12.1 Å². The molecule has 0 amide bonds. The first kappa shape index (κ1) is 9.62. The van der Waals surface area contributed by atoms with Gasteiger partial charge >= 0.3 is 0 Å². The first-order valence-electron chi connectivity index (χ1n) is 4.71. The van der Waals surface area contributed by atoms with Gasteiger partial charge in [0.05, 0.1) is 6.61 Å². The summed E-state index contributed by atoms with van der Waals surface area (Å²) in [5.74, 6) is -0.215. The fourth-order valence-corrected chi connectivity index (χ4v) is 2.06. The van der Waals surface area contributed by atoms with Crippen molar-refractivity contribution in [1.29, 1.82) is 0 Å². The predicted molar refractivity (Wildman–Crippen MR) is 50.4 cm³/mol. The largest absolute Gasteiger partial charge is 0.396 e. The molecule has 0 spiro atoms. The summed E-state index contributed by atoms with van der Waals surface area (Å²) in [6.45, 7) is 0.0265. The van der Waals surface area contributed by atoms with Gasteiger partial charge in [-0.3, -0.25) is 0 Å². The summed E-state index contributed by atoms with van der Waals surface area (Å²) in [5, 5.41) is 18.3. The molecule has 2 rings (SSSR count). The van der Waals surface area contributed by atoms with Crippen LogP contribution in [0.2, 0.25) is 0 Å². The van der Waals surface area contributed by atoms with Gasteiger partial charge in [-0.2, -0.15) is 0 Å². The molecule has 1 aliphatic carbocycles. The molecule has 0 saturated heterocycles. The Hall–Kier alpha value is -0.930. The maximum absolute atomic E-state index is 12.9. The highest BCUT2D eigenvalue weighted by atomic mass is 19.1. The van der Waals surface area contributed by atoms with Crippen LogP contribution < -0.4 is 0 Å². The van der Waals surface area contributed by atoms with Crippen molar-refractivity contribution in [2.24, 2.45) is 5.92 Å². The van der Waals surface area contributed by atoms with Crippen LogP contribution in [-0.2, 0) is 5.41 Å². The molecule has 0 bridgehead atoms. The third-order valence-electron chi connectivity index (χ3n) is 3.13. The van der Waals surface area contributed by atoms with Gasteiger partial charge in [0.25, 0.3) is 0 Å². The smallest absolute Gasteiger partial charge is 0.123 e. The molecule has 2 atom stereocenters. The Bertz CT molecular complexity index is 340. The number of rotatable bonds is 3. The molecule has 1 aromatic rings. The number of aliphatic hydroxyl groups is 2. The van der Waals surface area contributed by atoms with Gasteiger partial charge in [-0.05, 0) is 30.0 Å². The van der Waals surface area contributed by atoms with Crippen LogP contribution in [0.4, 0.5) is 4.39 Å².